The molecule has 2 aliphatic carbocycles. The molecule has 0 aromatic rings. The Morgan fingerprint density at radius 1 is 1.10 bits per heavy atom. The van der Waals surface area contributed by atoms with Gasteiger partial charge in [0.25, 0.3) is 0 Å². The van der Waals surface area contributed by atoms with Gasteiger partial charge in [0.1, 0.15) is 6.54 Å². The molecule has 20 heavy (non-hydrogen) atoms. The first-order chi connectivity index (χ1) is 9.30. The van der Waals surface area contributed by atoms with Crippen LogP contribution >= 0.6 is 0 Å². The molecule has 0 atom stereocenters. The van der Waals surface area contributed by atoms with Crippen molar-refractivity contribution in [3.8, 4) is 0 Å². The van der Waals surface area contributed by atoms with Crippen LogP contribution in [0.25, 0.3) is 0 Å². The highest BCUT2D eigenvalue weighted by atomic mass is 16.4. The molecule has 2 rings (SSSR count). The second-order valence-corrected chi connectivity index (χ2v) is 7.04. The van der Waals surface area contributed by atoms with Crippen LogP contribution in [0, 0.1) is 5.41 Å². The predicted molar refractivity (Wildman–Crippen MR) is 76.6 cm³/mol. The van der Waals surface area contributed by atoms with Crippen LogP contribution in [0.3, 0.4) is 0 Å². The van der Waals surface area contributed by atoms with Gasteiger partial charge in [-0.2, -0.15) is 0 Å². The van der Waals surface area contributed by atoms with E-state index in [1.54, 1.807) is 4.90 Å². The number of carboxylic acid groups (broad SMARTS) is 1. The molecule has 0 bridgehead atoms. The van der Waals surface area contributed by atoms with Crippen molar-refractivity contribution in [3.63, 3.8) is 0 Å². The highest BCUT2D eigenvalue weighted by Crippen LogP contribution is 2.37. The Kier molecular flexibility index (Phi) is 4.25. The summed E-state index contributed by atoms with van der Waals surface area (Å²) in [6.45, 7) is 4.37. The monoisotopic (exact) mass is 282 g/mol. The first-order valence-corrected chi connectivity index (χ1v) is 7.55. The molecule has 0 saturated heterocycles. The van der Waals surface area contributed by atoms with Gasteiger partial charge in [-0.15, -0.1) is 0 Å². The lowest BCUT2D eigenvalue weighted by Gasteiger charge is -2.40. The second kappa shape index (κ2) is 5.62. The zero-order valence-corrected chi connectivity index (χ0v) is 12.8. The minimum Gasteiger partial charge on any atom is -0.480 e. The van der Waals surface area contributed by atoms with Gasteiger partial charge in [-0.05, 0) is 43.9 Å². The molecule has 0 aromatic carbocycles. The van der Waals surface area contributed by atoms with E-state index >= 15 is 0 Å². The van der Waals surface area contributed by atoms with Gasteiger partial charge in [0.15, 0.2) is 0 Å². The summed E-state index contributed by atoms with van der Waals surface area (Å²) in [5.41, 5.74) is 0.373. The zero-order chi connectivity index (χ0) is 14.9. The van der Waals surface area contributed by atoms with Gasteiger partial charge in [-0.3, -0.25) is 4.79 Å². The van der Waals surface area contributed by atoms with E-state index in [1.807, 2.05) is 7.05 Å². The molecule has 0 aliphatic heterocycles. The summed E-state index contributed by atoms with van der Waals surface area (Å²) in [4.78, 5) is 26.7. The smallest absolute Gasteiger partial charge is 0.323 e. The average molecular weight is 282 g/mol. The van der Waals surface area contributed by atoms with Crippen LogP contribution in [0.4, 0.5) is 4.79 Å². The van der Waals surface area contributed by atoms with E-state index in [0.717, 1.165) is 38.5 Å². The topological polar surface area (TPSA) is 60.9 Å². The van der Waals surface area contributed by atoms with Crippen LogP contribution in [0.2, 0.25) is 0 Å². The van der Waals surface area contributed by atoms with E-state index in [-0.39, 0.29) is 24.7 Å². The van der Waals surface area contributed by atoms with Crippen molar-refractivity contribution in [2.45, 2.75) is 64.5 Å². The van der Waals surface area contributed by atoms with E-state index in [2.05, 4.69) is 13.8 Å². The minimum absolute atomic E-state index is 0.111. The van der Waals surface area contributed by atoms with Crippen molar-refractivity contribution in [1.82, 2.24) is 9.80 Å². The van der Waals surface area contributed by atoms with Crippen LogP contribution in [0.15, 0.2) is 0 Å². The number of urea groups is 1. The van der Waals surface area contributed by atoms with Gasteiger partial charge in [0, 0.05) is 19.1 Å². The third kappa shape index (κ3) is 3.64. The number of hydrogen-bond donors (Lipinski definition) is 1. The molecule has 2 fully saturated rings. The fourth-order valence-corrected chi connectivity index (χ4v) is 3.01. The van der Waals surface area contributed by atoms with E-state index in [1.165, 1.54) is 4.90 Å². The molecule has 2 aliphatic rings. The Hall–Kier alpha value is -1.26. The van der Waals surface area contributed by atoms with Crippen LogP contribution in [-0.2, 0) is 4.79 Å². The number of rotatable bonds is 4. The normalized spacial score (nSPS) is 22.4. The standard InChI is InChI=1S/C15H26N2O3/c1-15(2)8-6-11(7-9-15)16(3)14(20)17(10-13(18)19)12-4-5-12/h11-12H,4-10H2,1-3H3,(H,18,19). The molecule has 0 spiro atoms. The van der Waals surface area contributed by atoms with Gasteiger partial charge in [0.2, 0.25) is 0 Å². The Balaban J connectivity index is 1.95. The van der Waals surface area contributed by atoms with Gasteiger partial charge in [-0.25, -0.2) is 4.79 Å². The lowest BCUT2D eigenvalue weighted by atomic mass is 9.75. The fourth-order valence-electron chi connectivity index (χ4n) is 3.01. The zero-order valence-electron chi connectivity index (χ0n) is 12.8. The molecular weight excluding hydrogens is 256 g/mol. The lowest BCUT2D eigenvalue weighted by Crippen LogP contribution is -2.49. The molecule has 2 saturated carbocycles. The van der Waals surface area contributed by atoms with Crippen molar-refractivity contribution in [2.24, 2.45) is 5.41 Å². The van der Waals surface area contributed by atoms with Crippen molar-refractivity contribution in [1.29, 1.82) is 0 Å². The maximum absolute atomic E-state index is 12.5. The van der Waals surface area contributed by atoms with Crippen LogP contribution < -0.4 is 0 Å². The summed E-state index contributed by atoms with van der Waals surface area (Å²) in [5, 5.41) is 8.96. The van der Waals surface area contributed by atoms with Crippen molar-refractivity contribution in [2.75, 3.05) is 13.6 Å². The van der Waals surface area contributed by atoms with Gasteiger partial charge in [0.05, 0.1) is 0 Å². The van der Waals surface area contributed by atoms with E-state index in [9.17, 15) is 9.59 Å². The number of amides is 2. The second-order valence-electron chi connectivity index (χ2n) is 7.04. The number of carbonyl (C=O) groups is 2. The van der Waals surface area contributed by atoms with Crippen molar-refractivity contribution in [3.05, 3.63) is 0 Å². The van der Waals surface area contributed by atoms with Crippen molar-refractivity contribution < 1.29 is 14.7 Å². The SMILES string of the molecule is CN(C(=O)N(CC(=O)O)C1CC1)C1CCC(C)(C)CC1. The third-order valence-corrected chi connectivity index (χ3v) is 4.70. The lowest BCUT2D eigenvalue weighted by molar-refractivity contribution is -0.137. The summed E-state index contributed by atoms with van der Waals surface area (Å²) in [6, 6.07) is 0.284. The average Bonchev–Trinajstić information content (AvgIpc) is 3.18. The van der Waals surface area contributed by atoms with E-state index < -0.39 is 5.97 Å². The quantitative estimate of drug-likeness (QED) is 0.862. The molecule has 5 heteroatoms. The largest absolute Gasteiger partial charge is 0.480 e. The number of hydrogen-bond acceptors (Lipinski definition) is 2. The van der Waals surface area contributed by atoms with E-state index in [0.29, 0.717) is 5.41 Å². The minimum atomic E-state index is -0.927. The van der Waals surface area contributed by atoms with Gasteiger partial charge < -0.3 is 14.9 Å². The number of aliphatic carboxylic acids is 1. The molecule has 0 heterocycles. The number of carboxylic acids is 1. The number of nitrogens with zero attached hydrogens (tertiary/aromatic N) is 2. The third-order valence-electron chi connectivity index (χ3n) is 4.70. The summed E-state index contributed by atoms with van der Waals surface area (Å²) < 4.78 is 0. The first kappa shape index (κ1) is 15.1. The highest BCUT2D eigenvalue weighted by Gasteiger charge is 2.38. The Morgan fingerprint density at radius 2 is 1.65 bits per heavy atom. The Labute approximate surface area is 120 Å². The molecule has 2 amide bonds. The van der Waals surface area contributed by atoms with Crippen LogP contribution in [0.1, 0.15) is 52.4 Å². The molecule has 1 N–H and O–H groups in total. The predicted octanol–water partition coefficient (Wildman–Crippen LogP) is 2.56. The van der Waals surface area contributed by atoms with Crippen LogP contribution in [0.5, 0.6) is 0 Å². The summed E-state index contributed by atoms with van der Waals surface area (Å²) in [5.74, 6) is -0.927. The molecule has 0 unspecified atom stereocenters. The highest BCUT2D eigenvalue weighted by molar-refractivity contribution is 5.80. The number of carbonyl (C=O) groups excluding carboxylic acids is 1. The molecule has 114 valence electrons. The molecular formula is C15H26N2O3. The maximum atomic E-state index is 12.5. The fraction of sp³-hybridized carbons (Fsp3) is 0.867. The maximum Gasteiger partial charge on any atom is 0.323 e. The summed E-state index contributed by atoms with van der Waals surface area (Å²) in [7, 11) is 1.82. The van der Waals surface area contributed by atoms with E-state index in [4.69, 9.17) is 5.11 Å². The Morgan fingerprint density at radius 3 is 2.10 bits per heavy atom. The molecule has 0 aromatic heterocycles. The molecule has 0 radical (unpaired) electrons. The molecule has 5 nitrogen and oxygen atoms in total. The van der Waals surface area contributed by atoms with Crippen LogP contribution in [-0.4, -0.2) is 52.6 Å². The summed E-state index contributed by atoms with van der Waals surface area (Å²) in [6.07, 6.45) is 6.14. The summed E-state index contributed by atoms with van der Waals surface area (Å²) >= 11 is 0. The van der Waals surface area contributed by atoms with Gasteiger partial charge >= 0.3 is 12.0 Å². The Bertz CT molecular complexity index is 381. The van der Waals surface area contributed by atoms with Crippen molar-refractivity contribution >= 4 is 12.0 Å². The first-order valence-electron chi connectivity index (χ1n) is 7.55. The van der Waals surface area contributed by atoms with Gasteiger partial charge in [-0.1, -0.05) is 13.8 Å².